The van der Waals surface area contributed by atoms with E-state index in [0.29, 0.717) is 30.0 Å². The number of thioether (sulfide) groups is 1. The molecule has 2 aliphatic rings. The minimum absolute atomic E-state index is 0.0540. The van der Waals surface area contributed by atoms with Gasteiger partial charge in [-0.3, -0.25) is 4.79 Å². The van der Waals surface area contributed by atoms with E-state index in [4.69, 9.17) is 10.2 Å². The molecule has 5 nitrogen and oxygen atoms in total. The highest BCUT2D eigenvalue weighted by Gasteiger charge is 2.51. The van der Waals surface area contributed by atoms with Gasteiger partial charge in [-0.2, -0.15) is 11.8 Å². The van der Waals surface area contributed by atoms with Crippen LogP contribution >= 0.6 is 11.8 Å². The van der Waals surface area contributed by atoms with Crippen molar-refractivity contribution in [1.82, 2.24) is 10.3 Å². The van der Waals surface area contributed by atoms with Crippen molar-refractivity contribution in [2.45, 2.75) is 83.6 Å². The number of fused-ring (bicyclic) bond motifs is 3. The largest absolute Gasteiger partial charge is 0.446 e. The van der Waals surface area contributed by atoms with Gasteiger partial charge in [0.15, 0.2) is 5.69 Å². The average Bonchev–Trinajstić information content (AvgIpc) is 3.31. The summed E-state index contributed by atoms with van der Waals surface area (Å²) in [6.45, 7) is 10.0. The molecule has 3 N–H and O–H groups in total. The second kappa shape index (κ2) is 10.1. The van der Waals surface area contributed by atoms with Crippen molar-refractivity contribution in [2.24, 2.45) is 17.1 Å². The molecule has 1 aromatic heterocycles. The fraction of sp³-hybridized carbons (Fsp3) is 0.643. The van der Waals surface area contributed by atoms with Gasteiger partial charge in [-0.1, -0.05) is 52.3 Å². The lowest BCUT2D eigenvalue weighted by atomic mass is 9.49. The highest BCUT2D eigenvalue weighted by atomic mass is 32.2. The smallest absolute Gasteiger partial charge is 0.273 e. The van der Waals surface area contributed by atoms with E-state index in [1.807, 2.05) is 6.26 Å². The van der Waals surface area contributed by atoms with E-state index in [1.54, 1.807) is 11.8 Å². The van der Waals surface area contributed by atoms with Crippen molar-refractivity contribution in [3.63, 3.8) is 0 Å². The number of hydrogen-bond donors (Lipinski definition) is 2. The number of carbonyl (C=O) groups is 1. The third-order valence-corrected chi connectivity index (χ3v) is 9.17. The molecule has 0 bridgehead atoms. The van der Waals surface area contributed by atoms with E-state index in [0.717, 1.165) is 25.0 Å². The highest BCUT2D eigenvalue weighted by molar-refractivity contribution is 7.98. The second-order valence-corrected chi connectivity index (χ2v) is 12.2. The minimum Gasteiger partial charge on any atom is -0.446 e. The van der Waals surface area contributed by atoms with Crippen LogP contribution in [-0.2, 0) is 11.8 Å². The summed E-state index contributed by atoms with van der Waals surface area (Å²) >= 11 is 1.74. The fourth-order valence-electron chi connectivity index (χ4n) is 6.52. The van der Waals surface area contributed by atoms with Gasteiger partial charge in [-0.25, -0.2) is 4.98 Å². The van der Waals surface area contributed by atoms with Gasteiger partial charge in [0.1, 0.15) is 6.26 Å². The zero-order chi connectivity index (χ0) is 24.5. The first-order valence-electron chi connectivity index (χ1n) is 12.8. The molecule has 6 heteroatoms. The molecular weight excluding hydrogens is 442 g/mol. The molecule has 1 aromatic carbocycles. The number of benzene rings is 1. The van der Waals surface area contributed by atoms with Gasteiger partial charge in [-0.05, 0) is 83.5 Å². The van der Waals surface area contributed by atoms with E-state index >= 15 is 0 Å². The first kappa shape index (κ1) is 25.3. The Hall–Kier alpha value is -1.79. The summed E-state index contributed by atoms with van der Waals surface area (Å²) in [5, 5.41) is 3.20. The van der Waals surface area contributed by atoms with Crippen LogP contribution in [0.1, 0.15) is 105 Å². The fourth-order valence-corrected chi connectivity index (χ4v) is 7.01. The lowest BCUT2D eigenvalue weighted by Gasteiger charge is -2.55. The number of nitrogens with two attached hydrogens (primary N) is 1. The molecule has 1 amide bonds. The van der Waals surface area contributed by atoms with Crippen LogP contribution < -0.4 is 11.1 Å². The van der Waals surface area contributed by atoms with Crippen LogP contribution in [0.25, 0.3) is 0 Å². The lowest BCUT2D eigenvalue weighted by molar-refractivity contribution is 0.0254. The maximum atomic E-state index is 12.9. The maximum absolute atomic E-state index is 12.9. The van der Waals surface area contributed by atoms with Crippen molar-refractivity contribution in [1.29, 1.82) is 0 Å². The number of carbonyl (C=O) groups excluding carboxylic acids is 1. The van der Waals surface area contributed by atoms with E-state index < -0.39 is 0 Å². The highest BCUT2D eigenvalue weighted by Crippen LogP contribution is 2.57. The minimum atomic E-state index is -0.274. The molecule has 0 spiro atoms. The molecule has 34 heavy (non-hydrogen) atoms. The van der Waals surface area contributed by atoms with Crippen LogP contribution in [0.2, 0.25) is 0 Å². The van der Waals surface area contributed by atoms with Gasteiger partial charge in [0.2, 0.25) is 5.89 Å². The number of aryl methyl sites for hydroxylation is 1. The van der Waals surface area contributed by atoms with Crippen molar-refractivity contribution in [3.05, 3.63) is 52.7 Å². The summed E-state index contributed by atoms with van der Waals surface area (Å²) in [7, 11) is 0. The van der Waals surface area contributed by atoms with Crippen LogP contribution in [0.4, 0.5) is 0 Å². The Balaban J connectivity index is 1.47. The third kappa shape index (κ3) is 4.81. The second-order valence-electron chi connectivity index (χ2n) is 11.2. The van der Waals surface area contributed by atoms with E-state index in [-0.39, 0.29) is 22.8 Å². The number of oxazole rings is 1. The van der Waals surface area contributed by atoms with E-state index in [1.165, 1.54) is 42.2 Å². The normalized spacial score (nSPS) is 27.2. The SMILES string of the molecule is CSCCC(N)c1nc(C(=O)NCC2(C)CCCC3(C)c4ccc(C(C)C)cc4CCC23)co1. The Morgan fingerprint density at radius 3 is 2.85 bits per heavy atom. The molecule has 1 fully saturated rings. The van der Waals surface area contributed by atoms with Crippen molar-refractivity contribution >= 4 is 17.7 Å². The quantitative estimate of drug-likeness (QED) is 0.482. The number of amides is 1. The van der Waals surface area contributed by atoms with Gasteiger partial charge >= 0.3 is 0 Å². The zero-order valence-corrected chi connectivity index (χ0v) is 22.3. The van der Waals surface area contributed by atoms with Gasteiger partial charge in [0, 0.05) is 6.54 Å². The lowest BCUT2D eigenvalue weighted by Crippen LogP contribution is -2.53. The van der Waals surface area contributed by atoms with Crippen molar-refractivity contribution < 1.29 is 9.21 Å². The summed E-state index contributed by atoms with van der Waals surface area (Å²) in [6, 6.07) is 6.90. The monoisotopic (exact) mass is 483 g/mol. The van der Waals surface area contributed by atoms with Crippen molar-refractivity contribution in [2.75, 3.05) is 18.6 Å². The number of hydrogen-bond acceptors (Lipinski definition) is 5. The predicted octanol–water partition coefficient (Wildman–Crippen LogP) is 5.99. The molecule has 186 valence electrons. The molecule has 4 rings (SSSR count). The number of nitrogens with one attached hydrogen (secondary N) is 1. The first-order valence-corrected chi connectivity index (χ1v) is 14.2. The van der Waals surface area contributed by atoms with Crippen LogP contribution in [0.5, 0.6) is 0 Å². The summed E-state index contributed by atoms with van der Waals surface area (Å²) in [5.41, 5.74) is 11.2. The van der Waals surface area contributed by atoms with Gasteiger partial charge < -0.3 is 15.5 Å². The van der Waals surface area contributed by atoms with Gasteiger partial charge in [0.25, 0.3) is 5.91 Å². The topological polar surface area (TPSA) is 81.1 Å². The molecular formula is C28H41N3O2S. The zero-order valence-electron chi connectivity index (χ0n) is 21.4. The molecule has 0 saturated heterocycles. The van der Waals surface area contributed by atoms with E-state index in [2.05, 4.69) is 56.2 Å². The molecule has 4 atom stereocenters. The van der Waals surface area contributed by atoms with Crippen LogP contribution in [-0.4, -0.2) is 29.4 Å². The first-order chi connectivity index (χ1) is 16.2. The summed E-state index contributed by atoms with van der Waals surface area (Å²) in [5.74, 6) is 2.31. The number of rotatable bonds is 8. The molecule has 0 aliphatic heterocycles. The van der Waals surface area contributed by atoms with Crippen LogP contribution in [0, 0.1) is 11.3 Å². The maximum Gasteiger partial charge on any atom is 0.273 e. The molecule has 1 heterocycles. The Bertz CT molecular complexity index is 1020. The van der Waals surface area contributed by atoms with Gasteiger partial charge in [0.05, 0.1) is 6.04 Å². The van der Waals surface area contributed by atoms with E-state index in [9.17, 15) is 4.79 Å². The third-order valence-electron chi connectivity index (χ3n) is 8.53. The molecule has 1 saturated carbocycles. The average molecular weight is 484 g/mol. The molecule has 0 radical (unpaired) electrons. The Morgan fingerprint density at radius 1 is 1.32 bits per heavy atom. The summed E-state index contributed by atoms with van der Waals surface area (Å²) < 4.78 is 5.52. The van der Waals surface area contributed by atoms with Gasteiger partial charge in [-0.15, -0.1) is 0 Å². The summed E-state index contributed by atoms with van der Waals surface area (Å²) in [6.07, 6.45) is 10.1. The Labute approximate surface area is 209 Å². The summed E-state index contributed by atoms with van der Waals surface area (Å²) in [4.78, 5) is 17.3. The number of aromatic nitrogens is 1. The van der Waals surface area contributed by atoms with Crippen molar-refractivity contribution in [3.8, 4) is 0 Å². The Morgan fingerprint density at radius 2 is 2.12 bits per heavy atom. The molecule has 2 aliphatic carbocycles. The Kier molecular flexibility index (Phi) is 7.49. The molecule has 2 aromatic rings. The standard InChI is InChI=1S/C28H41N3O2S/c1-18(2)19-7-9-21-20(15-19)8-10-24-27(3,12-6-13-28(21,24)4)17-30-25(32)23-16-33-26(31-23)22(29)11-14-34-5/h7,9,15-16,18,22,24H,6,8,10-14,17,29H2,1-5H3,(H,30,32). The van der Waals surface area contributed by atoms with Crippen LogP contribution in [0.15, 0.2) is 28.9 Å². The number of nitrogens with zero attached hydrogens (tertiary/aromatic N) is 1. The molecule has 4 unspecified atom stereocenters. The van der Waals surface area contributed by atoms with Crippen LogP contribution in [0.3, 0.4) is 0 Å². The predicted molar refractivity (Wildman–Crippen MR) is 140 cm³/mol.